The van der Waals surface area contributed by atoms with Gasteiger partial charge in [0.2, 0.25) is 5.91 Å². The quantitative estimate of drug-likeness (QED) is 0.543. The number of amides is 1. The molecule has 0 aromatic heterocycles. The number of fused-ring (bicyclic) bond motifs is 1. The second-order valence-corrected chi connectivity index (χ2v) is 9.24. The van der Waals surface area contributed by atoms with E-state index in [2.05, 4.69) is 5.32 Å². The molecule has 2 fully saturated rings. The van der Waals surface area contributed by atoms with Gasteiger partial charge < -0.3 is 14.7 Å². The van der Waals surface area contributed by atoms with E-state index < -0.39 is 30.1 Å². The fourth-order valence-electron chi connectivity index (χ4n) is 5.07. The van der Waals surface area contributed by atoms with Crippen molar-refractivity contribution in [3.05, 3.63) is 34.9 Å². The minimum Gasteiger partial charge on any atom is -0.480 e. The number of ether oxygens (including phenoxy) is 1. The third-order valence-corrected chi connectivity index (χ3v) is 6.91. The van der Waals surface area contributed by atoms with Crippen LogP contribution >= 0.6 is 11.6 Å². The number of carbonyl (C=O) groups excluding carboxylic acids is 2. The molecule has 1 saturated heterocycles. The number of hydrogen-bond donors (Lipinski definition) is 2. The van der Waals surface area contributed by atoms with Crippen molar-refractivity contribution in [1.29, 1.82) is 0 Å². The maximum Gasteiger partial charge on any atom is 0.326 e. The van der Waals surface area contributed by atoms with E-state index in [1.807, 2.05) is 12.1 Å². The third-order valence-electron chi connectivity index (χ3n) is 6.66. The molecule has 176 valence electrons. The number of esters is 1. The first-order chi connectivity index (χ1) is 15.3. The first kappa shape index (κ1) is 24.5. The van der Waals surface area contributed by atoms with Gasteiger partial charge in [-0.2, -0.15) is 0 Å². The van der Waals surface area contributed by atoms with Crippen molar-refractivity contribution in [2.45, 2.75) is 83.0 Å². The van der Waals surface area contributed by atoms with E-state index in [0.717, 1.165) is 31.2 Å². The van der Waals surface area contributed by atoms with Crippen LogP contribution in [-0.4, -0.2) is 58.6 Å². The predicted octanol–water partition coefficient (Wildman–Crippen LogP) is 3.43. The Bertz CT molecular complexity index is 815. The van der Waals surface area contributed by atoms with E-state index in [-0.39, 0.29) is 24.5 Å². The maximum absolute atomic E-state index is 13.4. The van der Waals surface area contributed by atoms with Crippen molar-refractivity contribution >= 4 is 29.4 Å². The zero-order chi connectivity index (χ0) is 23.3. The first-order valence-electron chi connectivity index (χ1n) is 11.5. The number of aryl methyl sites for hydroxylation is 1. The van der Waals surface area contributed by atoms with Crippen molar-refractivity contribution in [2.75, 3.05) is 6.61 Å². The van der Waals surface area contributed by atoms with Gasteiger partial charge in [0.05, 0.1) is 12.6 Å². The van der Waals surface area contributed by atoms with Crippen LogP contribution in [0.3, 0.4) is 0 Å². The van der Waals surface area contributed by atoms with Crippen LogP contribution in [0, 0.1) is 5.92 Å². The van der Waals surface area contributed by atoms with E-state index >= 15 is 0 Å². The fraction of sp³-hybridized carbons (Fsp3) is 0.625. The van der Waals surface area contributed by atoms with E-state index in [4.69, 9.17) is 16.3 Å². The zero-order valence-corrected chi connectivity index (χ0v) is 19.5. The Labute approximate surface area is 194 Å². The average Bonchev–Trinajstić information content (AvgIpc) is 3.17. The number of carbonyl (C=O) groups is 3. The van der Waals surface area contributed by atoms with E-state index in [9.17, 15) is 19.5 Å². The number of hydrogen-bond acceptors (Lipinski definition) is 5. The highest BCUT2D eigenvalue weighted by atomic mass is 35.5. The van der Waals surface area contributed by atoms with Gasteiger partial charge in [0.25, 0.3) is 0 Å². The van der Waals surface area contributed by atoms with Crippen LogP contribution in [-0.2, 0) is 25.5 Å². The highest BCUT2D eigenvalue weighted by Crippen LogP contribution is 2.40. The maximum atomic E-state index is 13.4. The van der Waals surface area contributed by atoms with Gasteiger partial charge in [-0.1, -0.05) is 36.6 Å². The molecule has 5 atom stereocenters. The van der Waals surface area contributed by atoms with Gasteiger partial charge in [0, 0.05) is 11.1 Å². The molecular weight excluding hydrogens is 432 g/mol. The van der Waals surface area contributed by atoms with Crippen LogP contribution in [0.4, 0.5) is 0 Å². The molecule has 1 saturated carbocycles. The number of nitrogens with zero attached hydrogens (tertiary/aromatic N) is 1. The van der Waals surface area contributed by atoms with Gasteiger partial charge in [-0.3, -0.25) is 14.9 Å². The number of benzene rings is 1. The molecule has 1 heterocycles. The second kappa shape index (κ2) is 11.1. The molecule has 1 aromatic rings. The summed E-state index contributed by atoms with van der Waals surface area (Å²) in [6, 6.07) is 5.22. The lowest BCUT2D eigenvalue weighted by molar-refractivity contribution is -0.152. The molecule has 1 amide bonds. The number of carboxylic acid groups (broad SMARTS) is 1. The molecule has 0 radical (unpaired) electrons. The van der Waals surface area contributed by atoms with E-state index in [1.54, 1.807) is 30.9 Å². The lowest BCUT2D eigenvalue weighted by atomic mass is 9.84. The van der Waals surface area contributed by atoms with Crippen LogP contribution in [0.15, 0.2) is 24.3 Å². The van der Waals surface area contributed by atoms with Gasteiger partial charge in [-0.25, -0.2) is 4.79 Å². The average molecular weight is 465 g/mol. The van der Waals surface area contributed by atoms with Gasteiger partial charge in [0.1, 0.15) is 12.1 Å². The van der Waals surface area contributed by atoms with Crippen molar-refractivity contribution < 1.29 is 24.2 Å². The Morgan fingerprint density at radius 2 is 1.91 bits per heavy atom. The van der Waals surface area contributed by atoms with Gasteiger partial charge in [-0.15, -0.1) is 0 Å². The predicted molar refractivity (Wildman–Crippen MR) is 121 cm³/mol. The summed E-state index contributed by atoms with van der Waals surface area (Å²) < 4.78 is 5.22. The zero-order valence-electron chi connectivity index (χ0n) is 18.8. The molecule has 7 nitrogen and oxygen atoms in total. The number of aliphatic carboxylic acids is 1. The molecule has 8 heteroatoms. The van der Waals surface area contributed by atoms with Crippen LogP contribution in [0.1, 0.15) is 57.9 Å². The largest absolute Gasteiger partial charge is 0.480 e. The molecular formula is C24H33ClN2O5. The number of carboxylic acids is 1. The van der Waals surface area contributed by atoms with Crippen molar-refractivity contribution in [2.24, 2.45) is 5.92 Å². The Morgan fingerprint density at radius 3 is 2.56 bits per heavy atom. The highest BCUT2D eigenvalue weighted by Gasteiger charge is 2.48. The van der Waals surface area contributed by atoms with E-state index in [1.165, 1.54) is 0 Å². The fourth-order valence-corrected chi connectivity index (χ4v) is 5.19. The minimum atomic E-state index is -0.954. The molecule has 1 aliphatic heterocycles. The smallest absolute Gasteiger partial charge is 0.326 e. The van der Waals surface area contributed by atoms with E-state index in [0.29, 0.717) is 24.3 Å². The normalized spacial score (nSPS) is 24.5. The minimum absolute atomic E-state index is 0.0308. The molecule has 1 aromatic carbocycles. The van der Waals surface area contributed by atoms with Crippen molar-refractivity contribution in [3.63, 3.8) is 0 Å². The van der Waals surface area contributed by atoms with Gasteiger partial charge in [0.15, 0.2) is 0 Å². The molecule has 2 aliphatic rings. The number of likely N-dealkylation sites (tertiary alicyclic amines) is 1. The lowest BCUT2D eigenvalue weighted by Crippen LogP contribution is -2.55. The molecule has 2 N–H and O–H groups in total. The SMILES string of the molecule is CCOC(=O)[C@H](CCc1ccc(Cl)cc1)N[C@@H](C)C(=O)N1C(C(=O)O)CC2CCCCC21. The van der Waals surface area contributed by atoms with Crippen LogP contribution in [0.2, 0.25) is 5.02 Å². The topological polar surface area (TPSA) is 95.9 Å². The summed E-state index contributed by atoms with van der Waals surface area (Å²) in [5, 5.41) is 13.5. The molecule has 0 bridgehead atoms. The van der Waals surface area contributed by atoms with Crippen LogP contribution in [0.25, 0.3) is 0 Å². The summed E-state index contributed by atoms with van der Waals surface area (Å²) in [6.45, 7) is 3.69. The molecule has 1 aliphatic carbocycles. The number of nitrogens with one attached hydrogen (secondary N) is 1. The number of halogens is 1. The highest BCUT2D eigenvalue weighted by molar-refractivity contribution is 6.30. The number of rotatable bonds is 9. The van der Waals surface area contributed by atoms with Crippen molar-refractivity contribution in [3.8, 4) is 0 Å². The summed E-state index contributed by atoms with van der Waals surface area (Å²) in [7, 11) is 0. The third kappa shape index (κ3) is 5.81. The van der Waals surface area contributed by atoms with Gasteiger partial charge in [-0.05, 0) is 69.6 Å². The van der Waals surface area contributed by atoms with Crippen LogP contribution < -0.4 is 5.32 Å². The van der Waals surface area contributed by atoms with Crippen LogP contribution in [0.5, 0.6) is 0 Å². The Kier molecular flexibility index (Phi) is 8.54. The summed E-state index contributed by atoms with van der Waals surface area (Å²) in [5.74, 6) is -1.38. The molecule has 32 heavy (non-hydrogen) atoms. The first-order valence-corrected chi connectivity index (χ1v) is 11.9. The van der Waals surface area contributed by atoms with Gasteiger partial charge >= 0.3 is 11.9 Å². The second-order valence-electron chi connectivity index (χ2n) is 8.81. The molecule has 0 spiro atoms. The Hall–Kier alpha value is -2.12. The monoisotopic (exact) mass is 464 g/mol. The Morgan fingerprint density at radius 1 is 1.22 bits per heavy atom. The van der Waals surface area contributed by atoms with Crippen molar-refractivity contribution in [1.82, 2.24) is 10.2 Å². The summed E-state index contributed by atoms with van der Waals surface area (Å²) in [4.78, 5) is 39.4. The summed E-state index contributed by atoms with van der Waals surface area (Å²) in [6.07, 6.45) is 5.46. The lowest BCUT2D eigenvalue weighted by Gasteiger charge is -2.35. The Balaban J connectivity index is 1.69. The standard InChI is InChI=1S/C24H33ClN2O5/c1-3-32-24(31)19(13-10-16-8-11-18(25)12-9-16)26-15(2)22(28)27-20-7-5-4-6-17(20)14-21(27)23(29)30/h8-9,11-12,15,17,19-21,26H,3-7,10,13-14H2,1-2H3,(H,29,30)/t15-,17?,19-,20?,21?/m0/s1. The summed E-state index contributed by atoms with van der Waals surface area (Å²) in [5.41, 5.74) is 1.03. The molecule has 3 rings (SSSR count). The molecule has 3 unspecified atom stereocenters. The summed E-state index contributed by atoms with van der Waals surface area (Å²) >= 11 is 5.94.